The molecule has 24 heavy (non-hydrogen) atoms. The molecule has 0 radical (unpaired) electrons. The van der Waals surface area contributed by atoms with Crippen LogP contribution in [0.4, 0.5) is 11.5 Å². The van der Waals surface area contributed by atoms with Crippen molar-refractivity contribution in [1.29, 1.82) is 0 Å². The quantitative estimate of drug-likeness (QED) is 0.786. The van der Waals surface area contributed by atoms with E-state index < -0.39 is 9.84 Å². The summed E-state index contributed by atoms with van der Waals surface area (Å²) < 4.78 is 23.4. The highest BCUT2D eigenvalue weighted by Crippen LogP contribution is 2.23. The maximum absolute atomic E-state index is 11.7. The van der Waals surface area contributed by atoms with Crippen LogP contribution in [0.15, 0.2) is 65.8 Å². The number of nitrogens with one attached hydrogen (secondary N) is 1. The van der Waals surface area contributed by atoms with E-state index in [1.165, 1.54) is 18.1 Å². The van der Waals surface area contributed by atoms with Gasteiger partial charge in [-0.2, -0.15) is 0 Å². The number of nitrogens with zero attached hydrogens (tertiary/aromatic N) is 2. The van der Waals surface area contributed by atoms with Gasteiger partial charge in [-0.05, 0) is 31.2 Å². The fourth-order valence-corrected chi connectivity index (χ4v) is 2.92. The number of sulfone groups is 1. The zero-order valence-corrected chi connectivity index (χ0v) is 14.2. The van der Waals surface area contributed by atoms with Gasteiger partial charge in [0.05, 0.1) is 10.6 Å². The van der Waals surface area contributed by atoms with Gasteiger partial charge in [0.1, 0.15) is 12.1 Å². The highest BCUT2D eigenvalue weighted by molar-refractivity contribution is 7.90. The summed E-state index contributed by atoms with van der Waals surface area (Å²) in [4.78, 5) is 8.73. The van der Waals surface area contributed by atoms with Gasteiger partial charge in [0.15, 0.2) is 9.84 Å². The van der Waals surface area contributed by atoms with Crippen LogP contribution >= 0.6 is 0 Å². The molecule has 1 aromatic heterocycles. The van der Waals surface area contributed by atoms with E-state index in [-0.39, 0.29) is 4.90 Å². The molecule has 3 rings (SSSR count). The van der Waals surface area contributed by atoms with Gasteiger partial charge in [-0.3, -0.25) is 0 Å². The standard InChI is InChI=1S/C18H17N3O2S/c1-13-6-8-15(9-7-13)21-18-11-17(19-12-20-18)14-4-3-5-16(10-14)24(2,22)23/h3-12H,1-2H3,(H,19,20,21). The van der Waals surface area contributed by atoms with E-state index in [1.807, 2.05) is 37.3 Å². The van der Waals surface area contributed by atoms with Crippen LogP contribution in [0.25, 0.3) is 11.3 Å². The summed E-state index contributed by atoms with van der Waals surface area (Å²) in [5.74, 6) is 0.647. The van der Waals surface area contributed by atoms with Crippen LogP contribution in [-0.2, 0) is 9.84 Å². The van der Waals surface area contributed by atoms with Crippen molar-refractivity contribution in [1.82, 2.24) is 9.97 Å². The highest BCUT2D eigenvalue weighted by Gasteiger charge is 2.09. The lowest BCUT2D eigenvalue weighted by Crippen LogP contribution is -1.98. The largest absolute Gasteiger partial charge is 0.340 e. The van der Waals surface area contributed by atoms with E-state index >= 15 is 0 Å². The molecule has 1 heterocycles. The molecular weight excluding hydrogens is 322 g/mol. The van der Waals surface area contributed by atoms with E-state index in [4.69, 9.17) is 0 Å². The molecule has 6 heteroatoms. The highest BCUT2D eigenvalue weighted by atomic mass is 32.2. The van der Waals surface area contributed by atoms with Gasteiger partial charge in [-0.25, -0.2) is 18.4 Å². The molecule has 0 bridgehead atoms. The lowest BCUT2D eigenvalue weighted by atomic mass is 10.1. The molecule has 0 saturated heterocycles. The lowest BCUT2D eigenvalue weighted by molar-refractivity contribution is 0.602. The number of aromatic nitrogens is 2. The first-order chi connectivity index (χ1) is 11.4. The van der Waals surface area contributed by atoms with Crippen LogP contribution in [0.5, 0.6) is 0 Å². The molecule has 2 aromatic carbocycles. The van der Waals surface area contributed by atoms with Crippen molar-refractivity contribution in [3.8, 4) is 11.3 Å². The van der Waals surface area contributed by atoms with Gasteiger partial charge in [-0.1, -0.05) is 29.8 Å². The molecule has 0 saturated carbocycles. The normalized spacial score (nSPS) is 11.2. The molecule has 5 nitrogen and oxygen atoms in total. The average molecular weight is 339 g/mol. The third-order valence-corrected chi connectivity index (χ3v) is 4.66. The van der Waals surface area contributed by atoms with Crippen LogP contribution in [-0.4, -0.2) is 24.6 Å². The molecule has 122 valence electrons. The second kappa shape index (κ2) is 6.41. The Balaban J connectivity index is 1.92. The summed E-state index contributed by atoms with van der Waals surface area (Å²) in [5.41, 5.74) is 3.49. The van der Waals surface area contributed by atoms with E-state index in [0.717, 1.165) is 11.3 Å². The predicted molar refractivity (Wildman–Crippen MR) is 95.0 cm³/mol. The van der Waals surface area contributed by atoms with Gasteiger partial charge in [0.2, 0.25) is 0 Å². The van der Waals surface area contributed by atoms with Crippen LogP contribution in [0, 0.1) is 6.92 Å². The first-order valence-corrected chi connectivity index (χ1v) is 9.27. The molecule has 0 atom stereocenters. The van der Waals surface area contributed by atoms with Crippen molar-refractivity contribution in [2.75, 3.05) is 11.6 Å². The minimum Gasteiger partial charge on any atom is -0.340 e. The number of benzene rings is 2. The fraction of sp³-hybridized carbons (Fsp3) is 0.111. The van der Waals surface area contributed by atoms with Gasteiger partial charge in [0, 0.05) is 23.6 Å². The SMILES string of the molecule is Cc1ccc(Nc2cc(-c3cccc(S(C)(=O)=O)c3)ncn2)cc1. The van der Waals surface area contributed by atoms with Crippen LogP contribution in [0.3, 0.4) is 0 Å². The van der Waals surface area contributed by atoms with Gasteiger partial charge < -0.3 is 5.32 Å². The van der Waals surface area contributed by atoms with Gasteiger partial charge >= 0.3 is 0 Å². The van der Waals surface area contributed by atoms with Crippen molar-refractivity contribution in [3.63, 3.8) is 0 Å². The zero-order chi connectivity index (χ0) is 17.2. The van der Waals surface area contributed by atoms with Crippen LogP contribution in [0.1, 0.15) is 5.56 Å². The van der Waals surface area contributed by atoms with Crippen molar-refractivity contribution in [2.45, 2.75) is 11.8 Å². The molecule has 0 aliphatic rings. The predicted octanol–water partition coefficient (Wildman–Crippen LogP) is 3.60. The number of hydrogen-bond donors (Lipinski definition) is 1. The summed E-state index contributed by atoms with van der Waals surface area (Å²) in [7, 11) is -3.26. The van der Waals surface area contributed by atoms with E-state index in [9.17, 15) is 8.42 Å². The van der Waals surface area contributed by atoms with Crippen LogP contribution in [0.2, 0.25) is 0 Å². The zero-order valence-electron chi connectivity index (χ0n) is 13.4. The first-order valence-electron chi connectivity index (χ1n) is 7.38. The van der Waals surface area contributed by atoms with E-state index in [2.05, 4.69) is 15.3 Å². The molecule has 0 spiro atoms. The monoisotopic (exact) mass is 339 g/mol. The maximum atomic E-state index is 11.7. The lowest BCUT2D eigenvalue weighted by Gasteiger charge is -2.08. The van der Waals surface area contributed by atoms with Gasteiger partial charge in [0.25, 0.3) is 0 Å². The molecule has 0 aliphatic heterocycles. The number of rotatable bonds is 4. The molecule has 3 aromatic rings. The molecule has 1 N–H and O–H groups in total. The Morgan fingerprint density at radius 2 is 1.71 bits per heavy atom. The maximum Gasteiger partial charge on any atom is 0.175 e. The minimum atomic E-state index is -3.26. The Bertz CT molecular complexity index is 968. The molecular formula is C18H17N3O2S. The molecule has 0 unspecified atom stereocenters. The summed E-state index contributed by atoms with van der Waals surface area (Å²) in [6.07, 6.45) is 2.65. The Morgan fingerprint density at radius 1 is 0.958 bits per heavy atom. The first kappa shape index (κ1) is 16.1. The van der Waals surface area contributed by atoms with Crippen molar-refractivity contribution in [3.05, 3.63) is 66.5 Å². The Labute approximate surface area is 141 Å². The second-order valence-corrected chi connectivity index (χ2v) is 7.60. The Hall–Kier alpha value is -2.73. The third kappa shape index (κ3) is 3.78. The summed E-state index contributed by atoms with van der Waals surface area (Å²) in [6, 6.07) is 16.5. The van der Waals surface area contributed by atoms with Crippen molar-refractivity contribution in [2.24, 2.45) is 0 Å². The summed E-state index contributed by atoms with van der Waals surface area (Å²) in [6.45, 7) is 2.03. The Morgan fingerprint density at radius 3 is 2.42 bits per heavy atom. The van der Waals surface area contributed by atoms with Gasteiger partial charge in [-0.15, -0.1) is 0 Å². The summed E-state index contributed by atoms with van der Waals surface area (Å²) in [5, 5.41) is 3.22. The fourth-order valence-electron chi connectivity index (χ4n) is 2.25. The van der Waals surface area contributed by atoms with Crippen LogP contribution < -0.4 is 5.32 Å². The van der Waals surface area contributed by atoms with E-state index in [1.54, 1.807) is 24.3 Å². The average Bonchev–Trinajstić information content (AvgIpc) is 2.57. The topological polar surface area (TPSA) is 72.0 Å². The number of anilines is 2. The van der Waals surface area contributed by atoms with Crippen molar-refractivity contribution >= 4 is 21.3 Å². The number of aryl methyl sites for hydroxylation is 1. The second-order valence-electron chi connectivity index (χ2n) is 5.58. The third-order valence-electron chi connectivity index (χ3n) is 3.55. The minimum absolute atomic E-state index is 0.270. The molecule has 0 aliphatic carbocycles. The molecule has 0 amide bonds. The smallest absolute Gasteiger partial charge is 0.175 e. The Kier molecular flexibility index (Phi) is 4.31. The summed E-state index contributed by atoms with van der Waals surface area (Å²) >= 11 is 0. The number of hydrogen-bond acceptors (Lipinski definition) is 5. The molecule has 0 fully saturated rings. The van der Waals surface area contributed by atoms with Crippen molar-refractivity contribution < 1.29 is 8.42 Å². The van der Waals surface area contributed by atoms with E-state index in [0.29, 0.717) is 11.5 Å².